The van der Waals surface area contributed by atoms with Gasteiger partial charge in [0, 0.05) is 24.1 Å². The van der Waals surface area contributed by atoms with E-state index in [1.165, 1.54) is 5.56 Å². The Morgan fingerprint density at radius 1 is 1.47 bits per heavy atom. The summed E-state index contributed by atoms with van der Waals surface area (Å²) in [6, 6.07) is 4.09. The number of rotatable bonds is 0. The molecular weight excluding hydrogens is 282 g/mol. The summed E-state index contributed by atoms with van der Waals surface area (Å²) < 4.78 is 0.956. The molecule has 1 atom stereocenters. The zero-order valence-corrected chi connectivity index (χ0v) is 11.2. The van der Waals surface area contributed by atoms with Crippen LogP contribution in [-0.4, -0.2) is 31.6 Å². The second kappa shape index (κ2) is 3.99. The molecule has 1 fully saturated rings. The fourth-order valence-electron chi connectivity index (χ4n) is 2.51. The molecule has 90 valence electrons. The minimum absolute atomic E-state index is 0.0780. The van der Waals surface area contributed by atoms with Crippen molar-refractivity contribution in [3.8, 4) is 0 Å². The summed E-state index contributed by atoms with van der Waals surface area (Å²) in [5.41, 5.74) is 3.23. The van der Waals surface area contributed by atoms with Gasteiger partial charge in [-0.15, -0.1) is 0 Å². The summed E-state index contributed by atoms with van der Waals surface area (Å²) in [4.78, 5) is 14.2. The number of nitrogens with zero attached hydrogens (tertiary/aromatic N) is 1. The molecule has 0 aromatic heterocycles. The van der Waals surface area contributed by atoms with E-state index < -0.39 is 0 Å². The van der Waals surface area contributed by atoms with E-state index in [4.69, 9.17) is 0 Å². The highest BCUT2D eigenvalue weighted by molar-refractivity contribution is 9.10. The van der Waals surface area contributed by atoms with Gasteiger partial charge in [0.15, 0.2) is 0 Å². The van der Waals surface area contributed by atoms with Crippen molar-refractivity contribution >= 4 is 33.2 Å². The first-order chi connectivity index (χ1) is 8.16. The van der Waals surface area contributed by atoms with Crippen molar-refractivity contribution in [1.82, 2.24) is 5.32 Å². The quantitative estimate of drug-likeness (QED) is 0.762. The first kappa shape index (κ1) is 11.0. The third-order valence-electron chi connectivity index (χ3n) is 3.32. The number of hydrogen-bond acceptors (Lipinski definition) is 3. The van der Waals surface area contributed by atoms with E-state index in [2.05, 4.69) is 44.5 Å². The fourth-order valence-corrected chi connectivity index (χ4v) is 3.17. The van der Waals surface area contributed by atoms with Gasteiger partial charge in [-0.1, -0.05) is 0 Å². The van der Waals surface area contributed by atoms with Gasteiger partial charge in [-0.25, -0.2) is 0 Å². The van der Waals surface area contributed by atoms with Crippen LogP contribution in [-0.2, 0) is 4.79 Å². The van der Waals surface area contributed by atoms with Gasteiger partial charge in [-0.3, -0.25) is 4.79 Å². The Balaban J connectivity index is 2.13. The molecule has 1 aromatic rings. The van der Waals surface area contributed by atoms with Crippen molar-refractivity contribution < 1.29 is 4.79 Å². The average Bonchev–Trinajstić information content (AvgIpc) is 2.31. The third-order valence-corrected chi connectivity index (χ3v) is 3.94. The molecule has 0 spiro atoms. The Hall–Kier alpha value is -1.07. The average molecular weight is 296 g/mol. The van der Waals surface area contributed by atoms with Crippen LogP contribution >= 0.6 is 15.9 Å². The zero-order valence-electron chi connectivity index (χ0n) is 9.59. The highest BCUT2D eigenvalue weighted by Gasteiger charge is 2.35. The minimum Gasteiger partial charge on any atom is -0.355 e. The number of nitrogens with one attached hydrogen (secondary N) is 2. The smallest absolute Gasteiger partial charge is 0.248 e. The number of halogens is 1. The number of anilines is 2. The first-order valence-electron chi connectivity index (χ1n) is 5.75. The van der Waals surface area contributed by atoms with Gasteiger partial charge in [0.25, 0.3) is 0 Å². The Morgan fingerprint density at radius 3 is 3.12 bits per heavy atom. The van der Waals surface area contributed by atoms with Crippen molar-refractivity contribution in [3.05, 3.63) is 22.2 Å². The molecule has 0 saturated carbocycles. The number of carbonyl (C=O) groups excluding carboxylic acids is 1. The molecule has 0 bridgehead atoms. The van der Waals surface area contributed by atoms with Crippen molar-refractivity contribution in [1.29, 1.82) is 0 Å². The van der Waals surface area contributed by atoms with Crippen molar-refractivity contribution in [2.24, 2.45) is 0 Å². The maximum atomic E-state index is 12.0. The lowest BCUT2D eigenvalue weighted by molar-refractivity contribution is -0.117. The Morgan fingerprint density at radius 2 is 2.29 bits per heavy atom. The molecule has 2 heterocycles. The molecule has 1 saturated heterocycles. The zero-order chi connectivity index (χ0) is 12.0. The Labute approximate surface area is 108 Å². The number of benzene rings is 1. The molecule has 2 aliphatic heterocycles. The molecular formula is C12H14BrN3O. The molecule has 3 rings (SSSR count). The van der Waals surface area contributed by atoms with Gasteiger partial charge in [-0.05, 0) is 40.5 Å². The number of carbonyl (C=O) groups is 1. The Kier molecular flexibility index (Phi) is 2.60. The monoisotopic (exact) mass is 295 g/mol. The van der Waals surface area contributed by atoms with E-state index in [1.54, 1.807) is 0 Å². The fraction of sp³-hybridized carbons (Fsp3) is 0.417. The number of hydrogen-bond donors (Lipinski definition) is 2. The van der Waals surface area contributed by atoms with Crippen molar-refractivity contribution in [2.45, 2.75) is 13.0 Å². The van der Waals surface area contributed by atoms with Gasteiger partial charge in [0.05, 0.1) is 11.4 Å². The molecule has 17 heavy (non-hydrogen) atoms. The van der Waals surface area contributed by atoms with Crippen molar-refractivity contribution in [2.75, 3.05) is 29.9 Å². The molecule has 2 aliphatic rings. The predicted octanol–water partition coefficient (Wildman–Crippen LogP) is 1.49. The predicted molar refractivity (Wildman–Crippen MR) is 71.5 cm³/mol. The van der Waals surface area contributed by atoms with Crippen LogP contribution in [0.25, 0.3) is 0 Å². The summed E-state index contributed by atoms with van der Waals surface area (Å²) in [7, 11) is 0. The SMILES string of the molecule is Cc1cc(Br)c2c(c1)N1CCNCC1C(=O)N2. The summed E-state index contributed by atoms with van der Waals surface area (Å²) in [5.74, 6) is 0.0780. The van der Waals surface area contributed by atoms with E-state index in [9.17, 15) is 4.79 Å². The summed E-state index contributed by atoms with van der Waals surface area (Å²) >= 11 is 3.52. The normalized spacial score (nSPS) is 22.8. The standard InChI is InChI=1S/C12H14BrN3O/c1-7-4-8(13)11-9(5-7)16-3-2-14-6-10(16)12(17)15-11/h4-5,10,14H,2-3,6H2,1H3,(H,15,17). The van der Waals surface area contributed by atoms with Crippen LogP contribution in [0, 0.1) is 6.92 Å². The molecule has 1 amide bonds. The van der Waals surface area contributed by atoms with E-state index in [0.29, 0.717) is 0 Å². The van der Waals surface area contributed by atoms with Crippen LogP contribution < -0.4 is 15.5 Å². The third kappa shape index (κ3) is 1.73. The van der Waals surface area contributed by atoms with Crippen molar-refractivity contribution in [3.63, 3.8) is 0 Å². The lowest BCUT2D eigenvalue weighted by Crippen LogP contribution is -2.59. The van der Waals surface area contributed by atoms with Gasteiger partial charge < -0.3 is 15.5 Å². The van der Waals surface area contributed by atoms with Crippen LogP contribution in [0.3, 0.4) is 0 Å². The van der Waals surface area contributed by atoms with Crippen LogP contribution in [0.5, 0.6) is 0 Å². The molecule has 5 heteroatoms. The van der Waals surface area contributed by atoms with Gasteiger partial charge >= 0.3 is 0 Å². The molecule has 1 aromatic carbocycles. The number of aryl methyl sites for hydroxylation is 1. The topological polar surface area (TPSA) is 44.4 Å². The van der Waals surface area contributed by atoms with Crippen LogP contribution in [0.2, 0.25) is 0 Å². The largest absolute Gasteiger partial charge is 0.355 e. The van der Waals surface area contributed by atoms with Gasteiger partial charge in [0.2, 0.25) is 5.91 Å². The van der Waals surface area contributed by atoms with Gasteiger partial charge in [-0.2, -0.15) is 0 Å². The summed E-state index contributed by atoms with van der Waals surface area (Å²) in [5, 5.41) is 6.25. The molecule has 4 nitrogen and oxygen atoms in total. The van der Waals surface area contributed by atoms with Crippen LogP contribution in [0.15, 0.2) is 16.6 Å². The minimum atomic E-state index is -0.0788. The van der Waals surface area contributed by atoms with E-state index in [0.717, 1.165) is 35.5 Å². The Bertz CT molecular complexity index is 489. The highest BCUT2D eigenvalue weighted by atomic mass is 79.9. The van der Waals surface area contributed by atoms with Crippen LogP contribution in [0.4, 0.5) is 11.4 Å². The summed E-state index contributed by atoms with van der Waals surface area (Å²) in [6.07, 6.45) is 0. The lowest BCUT2D eigenvalue weighted by Gasteiger charge is -2.41. The molecule has 0 radical (unpaired) electrons. The number of piperazine rings is 1. The van der Waals surface area contributed by atoms with E-state index in [-0.39, 0.29) is 11.9 Å². The molecule has 0 aliphatic carbocycles. The van der Waals surface area contributed by atoms with Gasteiger partial charge in [0.1, 0.15) is 6.04 Å². The van der Waals surface area contributed by atoms with E-state index in [1.807, 2.05) is 6.07 Å². The summed E-state index contributed by atoms with van der Waals surface area (Å²) in [6.45, 7) is 4.59. The molecule has 2 N–H and O–H groups in total. The second-order valence-corrected chi connectivity index (χ2v) is 5.40. The lowest BCUT2D eigenvalue weighted by atomic mass is 10.0. The van der Waals surface area contributed by atoms with Crippen LogP contribution in [0.1, 0.15) is 5.56 Å². The highest BCUT2D eigenvalue weighted by Crippen LogP contribution is 2.39. The first-order valence-corrected chi connectivity index (χ1v) is 6.54. The maximum absolute atomic E-state index is 12.0. The van der Waals surface area contributed by atoms with E-state index >= 15 is 0 Å². The second-order valence-electron chi connectivity index (χ2n) is 4.54. The number of fused-ring (bicyclic) bond motifs is 3. The maximum Gasteiger partial charge on any atom is 0.248 e. The number of amides is 1. The molecule has 1 unspecified atom stereocenters.